The lowest BCUT2D eigenvalue weighted by atomic mass is 10.1. The van der Waals surface area contributed by atoms with Crippen LogP contribution < -0.4 is 4.90 Å². The van der Waals surface area contributed by atoms with Gasteiger partial charge in [0.15, 0.2) is 10.8 Å². The van der Waals surface area contributed by atoms with Crippen molar-refractivity contribution in [2.24, 2.45) is 0 Å². The lowest BCUT2D eigenvalue weighted by molar-refractivity contribution is -0.141. The Balaban J connectivity index is 3.46. The van der Waals surface area contributed by atoms with E-state index in [4.69, 9.17) is 0 Å². The smallest absolute Gasteiger partial charge is 0.435 e. The molecule has 0 saturated carbocycles. The third kappa shape index (κ3) is 3.87. The molecule has 0 unspecified atom stereocenters. The number of amides is 1. The fourth-order valence-corrected chi connectivity index (χ4v) is 2.75. The number of hydrogen-bond donors (Lipinski definition) is 1. The number of thiazole rings is 1. The fraction of sp³-hybridized carbons (Fsp3) is 0.583. The summed E-state index contributed by atoms with van der Waals surface area (Å²) in [7, 11) is 0. The van der Waals surface area contributed by atoms with Gasteiger partial charge in [0.05, 0.1) is 6.61 Å². The molecule has 0 aliphatic carbocycles. The zero-order valence-corrected chi connectivity index (χ0v) is 13.1. The van der Waals surface area contributed by atoms with Crippen molar-refractivity contribution in [2.75, 3.05) is 11.5 Å². The summed E-state index contributed by atoms with van der Waals surface area (Å²) in [4.78, 5) is 26.2. The van der Waals surface area contributed by atoms with E-state index in [0.29, 0.717) is 16.2 Å². The maximum absolute atomic E-state index is 13.0. The first kappa shape index (κ1) is 18.2. The lowest BCUT2D eigenvalue weighted by Crippen LogP contribution is -2.45. The van der Waals surface area contributed by atoms with Gasteiger partial charge in [-0.15, -0.1) is 0 Å². The Morgan fingerprint density at radius 2 is 1.86 bits per heavy atom. The number of halogens is 3. The van der Waals surface area contributed by atoms with Crippen molar-refractivity contribution in [3.05, 3.63) is 10.6 Å². The molecule has 0 radical (unpaired) electrons. The summed E-state index contributed by atoms with van der Waals surface area (Å²) in [5.74, 6) is -1.18. The van der Waals surface area contributed by atoms with E-state index in [1.54, 1.807) is 0 Å². The zero-order valence-electron chi connectivity index (χ0n) is 12.3. The predicted molar refractivity (Wildman–Crippen MR) is 73.3 cm³/mol. The zero-order chi connectivity index (χ0) is 17.3. The second-order valence-electron chi connectivity index (χ2n) is 5.18. The highest BCUT2D eigenvalue weighted by atomic mass is 32.1. The van der Waals surface area contributed by atoms with Crippen molar-refractivity contribution < 1.29 is 32.6 Å². The number of esters is 1. The summed E-state index contributed by atoms with van der Waals surface area (Å²) in [5, 5.41) is 8.77. The number of carbonyl (C=O) groups excluding carboxylic acids is 1. The molecule has 1 aromatic heterocycles. The molecule has 1 aromatic rings. The average Bonchev–Trinajstić information content (AvgIpc) is 2.71. The molecule has 1 rings (SSSR count). The minimum Gasteiger partial charge on any atom is -0.465 e. The van der Waals surface area contributed by atoms with Gasteiger partial charge >= 0.3 is 18.2 Å². The highest BCUT2D eigenvalue weighted by Gasteiger charge is 2.42. The number of nitrogens with zero attached hydrogens (tertiary/aromatic N) is 2. The van der Waals surface area contributed by atoms with E-state index >= 15 is 0 Å². The number of aromatic nitrogens is 1. The van der Waals surface area contributed by atoms with Crippen molar-refractivity contribution >= 4 is 28.5 Å². The van der Waals surface area contributed by atoms with Gasteiger partial charge in [0.25, 0.3) is 0 Å². The molecule has 1 amide bonds. The molecule has 0 aliphatic rings. The van der Waals surface area contributed by atoms with Crippen LogP contribution in [0.5, 0.6) is 0 Å². The number of carboxylic acid groups (broad SMARTS) is 1. The third-order valence-corrected chi connectivity index (χ3v) is 3.42. The maximum Gasteiger partial charge on any atom is 0.435 e. The van der Waals surface area contributed by atoms with Crippen LogP contribution in [-0.2, 0) is 10.9 Å². The van der Waals surface area contributed by atoms with Gasteiger partial charge < -0.3 is 9.84 Å². The number of ether oxygens (including phenoxy) is 1. The molecule has 0 aliphatic heterocycles. The van der Waals surface area contributed by atoms with Gasteiger partial charge in [-0.25, -0.2) is 19.5 Å². The highest BCUT2D eigenvalue weighted by molar-refractivity contribution is 7.17. The summed E-state index contributed by atoms with van der Waals surface area (Å²) < 4.78 is 43.6. The first-order valence-corrected chi connectivity index (χ1v) is 6.99. The fourth-order valence-electron chi connectivity index (χ4n) is 1.59. The second kappa shape index (κ2) is 6.11. The van der Waals surface area contributed by atoms with Crippen LogP contribution in [0.2, 0.25) is 0 Å². The Bertz CT molecular complexity index is 578. The average molecular weight is 340 g/mol. The van der Waals surface area contributed by atoms with Gasteiger partial charge in [-0.05, 0) is 27.7 Å². The van der Waals surface area contributed by atoms with Crippen molar-refractivity contribution in [3.63, 3.8) is 0 Å². The first-order chi connectivity index (χ1) is 9.89. The normalized spacial score (nSPS) is 12.1. The SMILES string of the molecule is CCOC(=O)c1sc(N(C(=O)O)C(C)(C)C)nc1C(F)(F)F. The molecule has 0 spiro atoms. The van der Waals surface area contributed by atoms with Crippen LogP contribution in [0.3, 0.4) is 0 Å². The minimum absolute atomic E-state index is 0.106. The molecular weight excluding hydrogens is 325 g/mol. The van der Waals surface area contributed by atoms with Crippen LogP contribution in [-0.4, -0.2) is 34.3 Å². The Hall–Kier alpha value is -1.84. The van der Waals surface area contributed by atoms with E-state index in [0.717, 1.165) is 0 Å². The van der Waals surface area contributed by atoms with E-state index in [2.05, 4.69) is 9.72 Å². The molecule has 10 heteroatoms. The molecule has 1 N–H and O–H groups in total. The van der Waals surface area contributed by atoms with E-state index < -0.39 is 39.5 Å². The Labute approximate surface area is 128 Å². The summed E-state index contributed by atoms with van der Waals surface area (Å²) in [6.45, 7) is 5.84. The van der Waals surface area contributed by atoms with Gasteiger partial charge in [0.2, 0.25) is 0 Å². The number of alkyl halides is 3. The van der Waals surface area contributed by atoms with Gasteiger partial charge in [-0.3, -0.25) is 0 Å². The molecule has 1 heterocycles. The van der Waals surface area contributed by atoms with Crippen molar-refractivity contribution in [1.82, 2.24) is 4.98 Å². The molecule has 0 fully saturated rings. The van der Waals surface area contributed by atoms with Gasteiger partial charge in [-0.2, -0.15) is 13.2 Å². The summed E-state index contributed by atoms with van der Waals surface area (Å²) in [6.07, 6.45) is -6.36. The predicted octanol–water partition coefficient (Wildman–Crippen LogP) is 3.62. The van der Waals surface area contributed by atoms with E-state index in [-0.39, 0.29) is 6.61 Å². The van der Waals surface area contributed by atoms with E-state index in [1.807, 2.05) is 0 Å². The van der Waals surface area contributed by atoms with Crippen molar-refractivity contribution in [3.8, 4) is 0 Å². The number of rotatable bonds is 3. The largest absolute Gasteiger partial charge is 0.465 e. The first-order valence-electron chi connectivity index (χ1n) is 6.17. The summed E-state index contributed by atoms with van der Waals surface area (Å²) in [5.41, 5.74) is -2.47. The highest BCUT2D eigenvalue weighted by Crippen LogP contribution is 2.39. The Morgan fingerprint density at radius 3 is 2.23 bits per heavy atom. The Morgan fingerprint density at radius 1 is 1.32 bits per heavy atom. The van der Waals surface area contributed by atoms with Gasteiger partial charge in [-0.1, -0.05) is 11.3 Å². The molecule has 0 saturated heterocycles. The van der Waals surface area contributed by atoms with E-state index in [9.17, 15) is 27.9 Å². The van der Waals surface area contributed by atoms with Gasteiger partial charge in [0, 0.05) is 5.54 Å². The Kier molecular flexibility index (Phi) is 5.06. The maximum atomic E-state index is 13.0. The van der Waals surface area contributed by atoms with Crippen LogP contribution >= 0.6 is 11.3 Å². The van der Waals surface area contributed by atoms with Crippen LogP contribution in [0.15, 0.2) is 0 Å². The lowest BCUT2D eigenvalue weighted by Gasteiger charge is -2.30. The molecular formula is C12H15F3N2O4S. The molecule has 0 bridgehead atoms. The number of anilines is 1. The third-order valence-electron chi connectivity index (χ3n) is 2.40. The number of hydrogen-bond acceptors (Lipinski definition) is 5. The molecule has 124 valence electrons. The summed E-state index contributed by atoms with van der Waals surface area (Å²) >= 11 is 0.337. The van der Waals surface area contributed by atoms with Crippen LogP contribution in [0.1, 0.15) is 43.1 Å². The summed E-state index contributed by atoms with van der Waals surface area (Å²) in [6, 6.07) is 0. The van der Waals surface area contributed by atoms with Crippen LogP contribution in [0.25, 0.3) is 0 Å². The monoisotopic (exact) mass is 340 g/mol. The molecule has 22 heavy (non-hydrogen) atoms. The molecule has 0 aromatic carbocycles. The number of carbonyl (C=O) groups is 2. The standard InChI is InChI=1S/C12H15F3N2O4S/c1-5-21-8(18)6-7(12(13,14)15)16-9(22-6)17(10(19)20)11(2,3)4/h5H2,1-4H3,(H,19,20). The van der Waals surface area contributed by atoms with Crippen LogP contribution in [0.4, 0.5) is 23.1 Å². The topological polar surface area (TPSA) is 79.7 Å². The quantitative estimate of drug-likeness (QED) is 0.850. The van der Waals surface area contributed by atoms with Crippen LogP contribution in [0, 0.1) is 0 Å². The molecule has 0 atom stereocenters. The van der Waals surface area contributed by atoms with E-state index in [1.165, 1.54) is 27.7 Å². The second-order valence-corrected chi connectivity index (χ2v) is 6.16. The van der Waals surface area contributed by atoms with Crippen molar-refractivity contribution in [2.45, 2.75) is 39.4 Å². The van der Waals surface area contributed by atoms with Crippen molar-refractivity contribution in [1.29, 1.82) is 0 Å². The molecule has 6 nitrogen and oxygen atoms in total. The minimum atomic E-state index is -4.89. The van der Waals surface area contributed by atoms with Gasteiger partial charge in [0.1, 0.15) is 4.88 Å².